The first-order valence-corrected chi connectivity index (χ1v) is 7.74. The van der Waals surface area contributed by atoms with Crippen LogP contribution >= 0.6 is 11.6 Å². The second kappa shape index (κ2) is 7.79. The lowest BCUT2D eigenvalue weighted by atomic mass is 10.1. The third kappa shape index (κ3) is 4.45. The zero-order valence-electron chi connectivity index (χ0n) is 13.5. The number of carbonyl (C=O) groups excluding carboxylic acids is 1. The summed E-state index contributed by atoms with van der Waals surface area (Å²) in [4.78, 5) is 24.6. The molecule has 7 heteroatoms. The second-order valence-corrected chi connectivity index (χ2v) is 5.92. The third-order valence-corrected chi connectivity index (χ3v) is 3.78. The third-order valence-electron chi connectivity index (χ3n) is 3.53. The maximum absolute atomic E-state index is 12.4. The number of non-ortho nitro benzene ring substituents is 1. The number of nitrogens with one attached hydrogen (secondary N) is 1. The summed E-state index contributed by atoms with van der Waals surface area (Å²) < 4.78 is 0. The molecular weight excluding hydrogens is 330 g/mol. The Bertz CT molecular complexity index is 745. The molecule has 0 fully saturated rings. The molecule has 0 aliphatic rings. The number of nitro groups is 1. The van der Waals surface area contributed by atoms with E-state index in [2.05, 4.69) is 5.32 Å². The van der Waals surface area contributed by atoms with Crippen molar-refractivity contribution in [2.75, 3.05) is 25.5 Å². The van der Waals surface area contributed by atoms with Crippen LogP contribution in [0.5, 0.6) is 0 Å². The molecule has 0 radical (unpaired) electrons. The Morgan fingerprint density at radius 2 is 1.88 bits per heavy atom. The number of carbonyl (C=O) groups is 1. The van der Waals surface area contributed by atoms with E-state index in [-0.39, 0.29) is 17.2 Å². The molecule has 1 N–H and O–H groups in total. The molecule has 0 saturated heterocycles. The molecule has 2 aromatic rings. The van der Waals surface area contributed by atoms with Crippen LogP contribution in [0.15, 0.2) is 42.5 Å². The highest BCUT2D eigenvalue weighted by atomic mass is 35.5. The topological polar surface area (TPSA) is 75.5 Å². The van der Waals surface area contributed by atoms with Crippen LogP contribution < -0.4 is 10.2 Å². The van der Waals surface area contributed by atoms with Gasteiger partial charge in [0, 0.05) is 43.5 Å². The van der Waals surface area contributed by atoms with Gasteiger partial charge in [0.15, 0.2) is 0 Å². The summed E-state index contributed by atoms with van der Waals surface area (Å²) in [6, 6.07) is 11.6. The van der Waals surface area contributed by atoms with Crippen molar-refractivity contribution in [3.05, 3.63) is 68.7 Å². The molecule has 2 rings (SSSR count). The summed E-state index contributed by atoms with van der Waals surface area (Å²) in [5.74, 6) is -0.337. The van der Waals surface area contributed by atoms with Crippen molar-refractivity contribution in [1.29, 1.82) is 0 Å². The first-order valence-electron chi connectivity index (χ1n) is 7.37. The van der Waals surface area contributed by atoms with Crippen LogP contribution in [0, 0.1) is 10.1 Å². The summed E-state index contributed by atoms with van der Waals surface area (Å²) in [6.07, 6.45) is 0.648. The van der Waals surface area contributed by atoms with Crippen molar-refractivity contribution >= 4 is 28.9 Å². The minimum atomic E-state index is -0.510. The first kappa shape index (κ1) is 17.7. The minimum Gasteiger partial charge on any atom is -0.377 e. The first-order chi connectivity index (χ1) is 11.4. The Morgan fingerprint density at radius 1 is 1.21 bits per heavy atom. The van der Waals surface area contributed by atoms with Crippen molar-refractivity contribution in [2.45, 2.75) is 6.42 Å². The highest BCUT2D eigenvalue weighted by Gasteiger charge is 2.17. The van der Waals surface area contributed by atoms with Gasteiger partial charge in [0.2, 0.25) is 0 Å². The summed E-state index contributed by atoms with van der Waals surface area (Å²) in [6.45, 7) is 0.427. The summed E-state index contributed by atoms with van der Waals surface area (Å²) >= 11 is 5.83. The van der Waals surface area contributed by atoms with Crippen LogP contribution in [0.3, 0.4) is 0 Å². The van der Waals surface area contributed by atoms with Gasteiger partial charge in [0.25, 0.3) is 11.6 Å². The fourth-order valence-electron chi connectivity index (χ4n) is 2.28. The van der Waals surface area contributed by atoms with Crippen LogP contribution in [-0.4, -0.2) is 31.5 Å². The van der Waals surface area contributed by atoms with Gasteiger partial charge in [-0.1, -0.05) is 23.7 Å². The van der Waals surface area contributed by atoms with E-state index in [4.69, 9.17) is 11.6 Å². The predicted molar refractivity (Wildman–Crippen MR) is 94.9 cm³/mol. The molecule has 0 spiro atoms. The van der Waals surface area contributed by atoms with E-state index in [0.717, 1.165) is 5.56 Å². The smallest absolute Gasteiger partial charge is 0.270 e. The average molecular weight is 348 g/mol. The largest absolute Gasteiger partial charge is 0.377 e. The van der Waals surface area contributed by atoms with Crippen LogP contribution in [0.1, 0.15) is 15.9 Å². The fourth-order valence-corrected chi connectivity index (χ4v) is 2.40. The van der Waals surface area contributed by atoms with E-state index in [0.29, 0.717) is 23.7 Å². The molecule has 24 heavy (non-hydrogen) atoms. The van der Waals surface area contributed by atoms with Crippen LogP contribution in [0.4, 0.5) is 11.4 Å². The lowest BCUT2D eigenvalue weighted by Crippen LogP contribution is -2.27. The number of nitrogens with zero attached hydrogens (tertiary/aromatic N) is 2. The number of hydrogen-bond donors (Lipinski definition) is 1. The molecule has 6 nitrogen and oxygen atoms in total. The molecule has 126 valence electrons. The molecule has 0 unspecified atom stereocenters. The number of nitro benzene ring substituents is 1. The van der Waals surface area contributed by atoms with Gasteiger partial charge in [-0.2, -0.15) is 0 Å². The van der Waals surface area contributed by atoms with Crippen molar-refractivity contribution in [2.24, 2.45) is 0 Å². The van der Waals surface area contributed by atoms with Gasteiger partial charge in [-0.15, -0.1) is 0 Å². The summed E-state index contributed by atoms with van der Waals surface area (Å²) in [5, 5.41) is 14.4. The quantitative estimate of drug-likeness (QED) is 0.642. The van der Waals surface area contributed by atoms with Gasteiger partial charge in [-0.05, 0) is 30.2 Å². The van der Waals surface area contributed by atoms with Gasteiger partial charge in [0.1, 0.15) is 0 Å². The standard InChI is InChI=1S/C17H18ClN3O3/c1-20(2)16-8-7-14(21(23)24)11-15(16)17(22)19-10-9-12-3-5-13(18)6-4-12/h3-8,11H,9-10H2,1-2H3,(H,19,22). The van der Waals surface area contributed by atoms with Crippen LogP contribution in [-0.2, 0) is 6.42 Å². The normalized spacial score (nSPS) is 10.3. The lowest BCUT2D eigenvalue weighted by Gasteiger charge is -2.17. The zero-order chi connectivity index (χ0) is 17.7. The number of benzene rings is 2. The average Bonchev–Trinajstić information content (AvgIpc) is 2.55. The number of rotatable bonds is 6. The zero-order valence-corrected chi connectivity index (χ0v) is 14.2. The monoisotopic (exact) mass is 347 g/mol. The Kier molecular flexibility index (Phi) is 5.76. The number of hydrogen-bond acceptors (Lipinski definition) is 4. The van der Waals surface area contributed by atoms with Gasteiger partial charge in [0.05, 0.1) is 10.5 Å². The van der Waals surface area contributed by atoms with Crippen molar-refractivity contribution < 1.29 is 9.72 Å². The molecule has 0 saturated carbocycles. The van der Waals surface area contributed by atoms with Gasteiger partial charge in [-0.3, -0.25) is 14.9 Å². The van der Waals surface area contributed by atoms with E-state index >= 15 is 0 Å². The Balaban J connectivity index is 2.09. The molecule has 0 atom stereocenters. The maximum atomic E-state index is 12.4. The molecule has 1 amide bonds. The van der Waals surface area contributed by atoms with Gasteiger partial charge < -0.3 is 10.2 Å². The fraction of sp³-hybridized carbons (Fsp3) is 0.235. The Labute approximate surface area is 145 Å². The van der Waals surface area contributed by atoms with Gasteiger partial charge in [-0.25, -0.2) is 0 Å². The molecule has 2 aromatic carbocycles. The number of halogens is 1. The Hall–Kier alpha value is -2.60. The summed E-state index contributed by atoms with van der Waals surface area (Å²) in [7, 11) is 3.57. The summed E-state index contributed by atoms with van der Waals surface area (Å²) in [5.41, 5.74) is 1.85. The molecule has 0 aromatic heterocycles. The highest BCUT2D eigenvalue weighted by Crippen LogP contribution is 2.24. The number of amides is 1. The van der Waals surface area contributed by atoms with Crippen LogP contribution in [0.25, 0.3) is 0 Å². The maximum Gasteiger partial charge on any atom is 0.270 e. The Morgan fingerprint density at radius 3 is 2.46 bits per heavy atom. The van der Waals surface area contributed by atoms with Crippen LogP contribution in [0.2, 0.25) is 5.02 Å². The van der Waals surface area contributed by atoms with E-state index in [1.165, 1.54) is 12.1 Å². The van der Waals surface area contributed by atoms with Crippen molar-refractivity contribution in [3.63, 3.8) is 0 Å². The molecule has 0 bridgehead atoms. The SMILES string of the molecule is CN(C)c1ccc([N+](=O)[O-])cc1C(=O)NCCc1ccc(Cl)cc1. The van der Waals surface area contributed by atoms with Crippen molar-refractivity contribution in [1.82, 2.24) is 5.32 Å². The molecule has 0 aliphatic carbocycles. The predicted octanol–water partition coefficient (Wildman–Crippen LogP) is 3.29. The van der Waals surface area contributed by atoms with Crippen molar-refractivity contribution in [3.8, 4) is 0 Å². The van der Waals surface area contributed by atoms with Gasteiger partial charge >= 0.3 is 0 Å². The van der Waals surface area contributed by atoms with E-state index in [1.54, 1.807) is 37.2 Å². The highest BCUT2D eigenvalue weighted by molar-refractivity contribution is 6.30. The van der Waals surface area contributed by atoms with E-state index in [9.17, 15) is 14.9 Å². The second-order valence-electron chi connectivity index (χ2n) is 5.49. The molecule has 0 aliphatic heterocycles. The van der Waals surface area contributed by atoms with E-state index in [1.807, 2.05) is 12.1 Å². The minimum absolute atomic E-state index is 0.108. The molecular formula is C17H18ClN3O3. The van der Waals surface area contributed by atoms with E-state index < -0.39 is 4.92 Å². The molecule has 0 heterocycles. The lowest BCUT2D eigenvalue weighted by molar-refractivity contribution is -0.384. The number of anilines is 1.